The first kappa shape index (κ1) is 7.84. The van der Waals surface area contributed by atoms with Gasteiger partial charge in [-0.05, 0) is 32.1 Å². The molecule has 0 bridgehead atoms. The van der Waals surface area contributed by atoms with Gasteiger partial charge in [0.1, 0.15) is 0 Å². The molecule has 0 fully saturated rings. The number of allylic oxidation sites excluding steroid dienone is 2. The predicted molar refractivity (Wildman–Crippen MR) is 46.0 cm³/mol. The van der Waals surface area contributed by atoms with Gasteiger partial charge in [-0.25, -0.2) is 0 Å². The van der Waals surface area contributed by atoms with E-state index < -0.39 is 0 Å². The summed E-state index contributed by atoms with van der Waals surface area (Å²) in [6.07, 6.45) is 9.34. The van der Waals surface area contributed by atoms with Gasteiger partial charge in [-0.1, -0.05) is 31.4 Å². The van der Waals surface area contributed by atoms with E-state index in [0.29, 0.717) is 0 Å². The van der Waals surface area contributed by atoms with Crippen LogP contribution in [0.25, 0.3) is 0 Å². The van der Waals surface area contributed by atoms with E-state index in [1.165, 1.54) is 32.1 Å². The number of hydrogen-bond acceptors (Lipinski definition) is 0. The van der Waals surface area contributed by atoms with Crippen LogP contribution in [0.2, 0.25) is 0 Å². The summed E-state index contributed by atoms with van der Waals surface area (Å²) < 4.78 is 0. The first-order valence-corrected chi connectivity index (χ1v) is 4.44. The molecule has 0 heterocycles. The minimum atomic E-state index is 0.927. The highest BCUT2D eigenvalue weighted by molar-refractivity contribution is 4.99. The van der Waals surface area contributed by atoms with E-state index in [2.05, 4.69) is 19.9 Å². The Bertz CT molecular complexity index is 122. The molecule has 0 aliphatic heterocycles. The van der Waals surface area contributed by atoms with Crippen LogP contribution in [0, 0.1) is 5.92 Å². The predicted octanol–water partition coefficient (Wildman–Crippen LogP) is 3.53. The fraction of sp³-hybridized carbons (Fsp3) is 0.800. The zero-order valence-electron chi connectivity index (χ0n) is 7.19. The lowest BCUT2D eigenvalue weighted by atomic mass is 9.93. The molecule has 0 radical (unpaired) electrons. The van der Waals surface area contributed by atoms with Crippen LogP contribution in [0.3, 0.4) is 0 Å². The third kappa shape index (κ3) is 2.55. The molecule has 0 aromatic heterocycles. The summed E-state index contributed by atoms with van der Waals surface area (Å²) in [6, 6.07) is 0. The fourth-order valence-electron chi connectivity index (χ4n) is 1.72. The van der Waals surface area contributed by atoms with E-state index >= 15 is 0 Å². The van der Waals surface area contributed by atoms with Crippen molar-refractivity contribution in [2.75, 3.05) is 0 Å². The zero-order chi connectivity index (χ0) is 7.40. The van der Waals surface area contributed by atoms with E-state index in [9.17, 15) is 0 Å². The highest BCUT2D eigenvalue weighted by Gasteiger charge is 2.04. The first-order chi connectivity index (χ1) is 4.79. The van der Waals surface area contributed by atoms with Crippen molar-refractivity contribution in [2.45, 2.75) is 46.0 Å². The van der Waals surface area contributed by atoms with Crippen molar-refractivity contribution in [3.05, 3.63) is 11.6 Å². The number of rotatable bonds is 0. The average molecular weight is 138 g/mol. The maximum Gasteiger partial charge on any atom is -0.0297 e. The quantitative estimate of drug-likeness (QED) is 0.449. The van der Waals surface area contributed by atoms with Crippen LogP contribution < -0.4 is 0 Å². The molecule has 0 saturated heterocycles. The molecule has 0 N–H and O–H groups in total. The average Bonchev–Trinajstić information content (AvgIpc) is 1.83. The zero-order valence-corrected chi connectivity index (χ0v) is 7.19. The van der Waals surface area contributed by atoms with Gasteiger partial charge in [-0.3, -0.25) is 0 Å². The molecule has 58 valence electrons. The van der Waals surface area contributed by atoms with Crippen molar-refractivity contribution in [3.63, 3.8) is 0 Å². The summed E-state index contributed by atoms with van der Waals surface area (Å²) >= 11 is 0. The molecule has 0 amide bonds. The second-order valence-corrected chi connectivity index (χ2v) is 3.64. The molecule has 1 aliphatic rings. The SMILES string of the molecule is CC1=CCCCCC(C)C1. The van der Waals surface area contributed by atoms with Crippen LogP contribution in [-0.2, 0) is 0 Å². The van der Waals surface area contributed by atoms with Crippen molar-refractivity contribution < 1.29 is 0 Å². The Hall–Kier alpha value is -0.260. The molecule has 1 aliphatic carbocycles. The third-order valence-corrected chi connectivity index (χ3v) is 2.31. The molecular weight excluding hydrogens is 120 g/mol. The summed E-state index contributed by atoms with van der Waals surface area (Å²) in [4.78, 5) is 0. The van der Waals surface area contributed by atoms with Crippen LogP contribution in [0.15, 0.2) is 11.6 Å². The van der Waals surface area contributed by atoms with Crippen molar-refractivity contribution in [1.29, 1.82) is 0 Å². The van der Waals surface area contributed by atoms with E-state index in [0.717, 1.165) is 5.92 Å². The van der Waals surface area contributed by atoms with Crippen LogP contribution in [0.5, 0.6) is 0 Å². The topological polar surface area (TPSA) is 0 Å². The lowest BCUT2D eigenvalue weighted by Crippen LogP contribution is -1.98. The molecule has 0 spiro atoms. The molecule has 10 heavy (non-hydrogen) atoms. The maximum absolute atomic E-state index is 2.41. The lowest BCUT2D eigenvalue weighted by Gasteiger charge is -2.14. The standard InChI is InChI=1S/C10H18/c1-9-6-4-3-5-7-10(2)8-9/h6,10H,3-5,7-8H2,1-2H3. The van der Waals surface area contributed by atoms with E-state index in [1.807, 2.05) is 0 Å². The third-order valence-electron chi connectivity index (χ3n) is 2.31. The van der Waals surface area contributed by atoms with E-state index in [4.69, 9.17) is 0 Å². The Labute approximate surface area is 64.3 Å². The smallest absolute Gasteiger partial charge is 0.0297 e. The van der Waals surface area contributed by atoms with Gasteiger partial charge in [-0.2, -0.15) is 0 Å². The van der Waals surface area contributed by atoms with Crippen LogP contribution in [-0.4, -0.2) is 0 Å². The molecule has 0 aromatic carbocycles. The second kappa shape index (κ2) is 3.80. The Kier molecular flexibility index (Phi) is 2.98. The normalized spacial score (nSPS) is 28.6. The Balaban J connectivity index is 2.43. The van der Waals surface area contributed by atoms with E-state index in [-0.39, 0.29) is 0 Å². The Morgan fingerprint density at radius 1 is 1.40 bits per heavy atom. The van der Waals surface area contributed by atoms with Gasteiger partial charge in [0.2, 0.25) is 0 Å². The molecule has 0 saturated carbocycles. The van der Waals surface area contributed by atoms with Gasteiger partial charge < -0.3 is 0 Å². The highest BCUT2D eigenvalue weighted by Crippen LogP contribution is 2.21. The van der Waals surface area contributed by atoms with Gasteiger partial charge in [0, 0.05) is 0 Å². The van der Waals surface area contributed by atoms with Gasteiger partial charge in [-0.15, -0.1) is 0 Å². The highest BCUT2D eigenvalue weighted by atomic mass is 14.1. The van der Waals surface area contributed by atoms with Crippen molar-refractivity contribution in [3.8, 4) is 0 Å². The Morgan fingerprint density at radius 3 is 3.00 bits per heavy atom. The largest absolute Gasteiger partial charge is 0.0856 e. The monoisotopic (exact) mass is 138 g/mol. The van der Waals surface area contributed by atoms with Crippen molar-refractivity contribution >= 4 is 0 Å². The molecule has 1 rings (SSSR count). The summed E-state index contributed by atoms with van der Waals surface area (Å²) in [5.41, 5.74) is 1.60. The number of hydrogen-bond donors (Lipinski definition) is 0. The second-order valence-electron chi connectivity index (χ2n) is 3.64. The van der Waals surface area contributed by atoms with Crippen LogP contribution >= 0.6 is 0 Å². The minimum absolute atomic E-state index is 0.927. The molecule has 0 nitrogen and oxygen atoms in total. The fourth-order valence-corrected chi connectivity index (χ4v) is 1.72. The minimum Gasteiger partial charge on any atom is -0.0856 e. The summed E-state index contributed by atoms with van der Waals surface area (Å²) in [5, 5.41) is 0. The van der Waals surface area contributed by atoms with Crippen LogP contribution in [0.1, 0.15) is 46.0 Å². The van der Waals surface area contributed by atoms with Gasteiger partial charge in [0.25, 0.3) is 0 Å². The summed E-state index contributed by atoms with van der Waals surface area (Å²) in [6.45, 7) is 4.63. The molecule has 1 atom stereocenters. The first-order valence-electron chi connectivity index (χ1n) is 4.44. The summed E-state index contributed by atoms with van der Waals surface area (Å²) in [7, 11) is 0. The molecule has 0 aromatic rings. The van der Waals surface area contributed by atoms with Gasteiger partial charge in [0.05, 0.1) is 0 Å². The van der Waals surface area contributed by atoms with Crippen molar-refractivity contribution in [1.82, 2.24) is 0 Å². The molecule has 1 unspecified atom stereocenters. The van der Waals surface area contributed by atoms with Crippen molar-refractivity contribution in [2.24, 2.45) is 5.92 Å². The summed E-state index contributed by atoms with van der Waals surface area (Å²) in [5.74, 6) is 0.927. The van der Waals surface area contributed by atoms with E-state index in [1.54, 1.807) is 5.57 Å². The maximum atomic E-state index is 2.41. The van der Waals surface area contributed by atoms with Crippen LogP contribution in [0.4, 0.5) is 0 Å². The lowest BCUT2D eigenvalue weighted by molar-refractivity contribution is 0.484. The van der Waals surface area contributed by atoms with Gasteiger partial charge in [0.15, 0.2) is 0 Å². The molecule has 0 heteroatoms. The van der Waals surface area contributed by atoms with Gasteiger partial charge >= 0.3 is 0 Å². The Morgan fingerprint density at radius 2 is 2.20 bits per heavy atom. The molecular formula is C10H18.